The summed E-state index contributed by atoms with van der Waals surface area (Å²) in [4.78, 5) is 11.7. The average Bonchev–Trinajstić information content (AvgIpc) is 2.39. The van der Waals surface area contributed by atoms with Crippen molar-refractivity contribution in [2.75, 3.05) is 7.11 Å². The van der Waals surface area contributed by atoms with Gasteiger partial charge in [0.1, 0.15) is 11.4 Å². The maximum absolute atomic E-state index is 12.9. The molecule has 18 heavy (non-hydrogen) atoms. The fraction of sp³-hybridized carbons (Fsp3) is 0.500. The van der Waals surface area contributed by atoms with E-state index in [1.54, 1.807) is 6.92 Å². The van der Waals surface area contributed by atoms with Crippen molar-refractivity contribution >= 4 is 5.97 Å². The van der Waals surface area contributed by atoms with Gasteiger partial charge >= 0.3 is 5.97 Å². The van der Waals surface area contributed by atoms with Crippen molar-refractivity contribution in [2.45, 2.75) is 32.3 Å². The minimum Gasteiger partial charge on any atom is -0.469 e. The first-order valence-corrected chi connectivity index (χ1v) is 6.05. The van der Waals surface area contributed by atoms with Crippen molar-refractivity contribution in [1.29, 1.82) is 0 Å². The van der Waals surface area contributed by atoms with Gasteiger partial charge in [-0.25, -0.2) is 4.39 Å². The molecule has 0 aliphatic carbocycles. The zero-order valence-corrected chi connectivity index (χ0v) is 10.9. The number of hydrogen-bond acceptors (Lipinski definition) is 3. The summed E-state index contributed by atoms with van der Waals surface area (Å²) in [5.41, 5.74) is -0.793. The summed E-state index contributed by atoms with van der Waals surface area (Å²) in [7, 11) is 1.30. The molecule has 100 valence electrons. The highest BCUT2D eigenvalue weighted by Gasteiger charge is 2.41. The van der Waals surface area contributed by atoms with Gasteiger partial charge in [0.2, 0.25) is 0 Å². The Morgan fingerprint density at radius 2 is 1.94 bits per heavy atom. The molecule has 0 fully saturated rings. The second-order valence-electron chi connectivity index (χ2n) is 4.27. The fourth-order valence-corrected chi connectivity index (χ4v) is 2.23. The molecule has 0 saturated heterocycles. The molecule has 0 aliphatic heterocycles. The van der Waals surface area contributed by atoms with Crippen LogP contribution in [0.3, 0.4) is 0 Å². The Morgan fingerprint density at radius 1 is 1.39 bits per heavy atom. The lowest BCUT2D eigenvalue weighted by Crippen LogP contribution is -2.39. The summed E-state index contributed by atoms with van der Waals surface area (Å²) >= 11 is 0. The maximum Gasteiger partial charge on any atom is 0.311 e. The van der Waals surface area contributed by atoms with Crippen LogP contribution in [-0.2, 0) is 15.1 Å². The Morgan fingerprint density at radius 3 is 2.33 bits per heavy atom. The zero-order valence-electron chi connectivity index (χ0n) is 10.9. The quantitative estimate of drug-likeness (QED) is 0.822. The standard InChI is InChI=1S/C14H19FO3/c1-4-12(13(16)18-3)14(17,5-2)10-6-8-11(15)9-7-10/h6-9,12,17H,4-5H2,1-3H3. The maximum atomic E-state index is 12.9. The number of aliphatic hydroxyl groups is 1. The third kappa shape index (κ3) is 2.70. The largest absolute Gasteiger partial charge is 0.469 e. The number of carbonyl (C=O) groups is 1. The number of ether oxygens (including phenoxy) is 1. The summed E-state index contributed by atoms with van der Waals surface area (Å²) in [5, 5.41) is 10.7. The van der Waals surface area contributed by atoms with E-state index in [0.717, 1.165) is 0 Å². The van der Waals surface area contributed by atoms with Crippen LogP contribution in [0, 0.1) is 11.7 Å². The second kappa shape index (κ2) is 5.96. The summed E-state index contributed by atoms with van der Waals surface area (Å²) in [6.45, 7) is 3.60. The molecule has 4 heteroatoms. The van der Waals surface area contributed by atoms with E-state index in [1.165, 1.54) is 31.4 Å². The van der Waals surface area contributed by atoms with Gasteiger partial charge in [-0.2, -0.15) is 0 Å². The highest BCUT2D eigenvalue weighted by Crippen LogP contribution is 2.35. The fourth-order valence-electron chi connectivity index (χ4n) is 2.23. The molecule has 0 aromatic heterocycles. The van der Waals surface area contributed by atoms with Gasteiger partial charge in [0.15, 0.2) is 0 Å². The van der Waals surface area contributed by atoms with Crippen LogP contribution < -0.4 is 0 Å². The summed E-state index contributed by atoms with van der Waals surface area (Å²) < 4.78 is 17.6. The summed E-state index contributed by atoms with van der Waals surface area (Å²) in [6.07, 6.45) is 0.806. The Kier molecular flexibility index (Phi) is 4.84. The third-order valence-corrected chi connectivity index (χ3v) is 3.35. The third-order valence-electron chi connectivity index (χ3n) is 3.35. The lowest BCUT2D eigenvalue weighted by atomic mass is 9.78. The van der Waals surface area contributed by atoms with Crippen molar-refractivity contribution < 1.29 is 19.0 Å². The van der Waals surface area contributed by atoms with Crippen LogP contribution in [-0.4, -0.2) is 18.2 Å². The van der Waals surface area contributed by atoms with E-state index >= 15 is 0 Å². The lowest BCUT2D eigenvalue weighted by Gasteiger charge is -2.33. The molecule has 1 rings (SSSR count). The first kappa shape index (κ1) is 14.6. The molecule has 0 bridgehead atoms. The van der Waals surface area contributed by atoms with E-state index in [9.17, 15) is 14.3 Å². The number of esters is 1. The van der Waals surface area contributed by atoms with Gasteiger partial charge < -0.3 is 9.84 Å². The van der Waals surface area contributed by atoms with E-state index < -0.39 is 17.5 Å². The zero-order chi connectivity index (χ0) is 13.8. The van der Waals surface area contributed by atoms with Crippen molar-refractivity contribution in [2.24, 2.45) is 5.92 Å². The molecule has 0 spiro atoms. The number of halogens is 1. The van der Waals surface area contributed by atoms with Gasteiger partial charge in [-0.05, 0) is 30.5 Å². The topological polar surface area (TPSA) is 46.5 Å². The molecule has 2 unspecified atom stereocenters. The highest BCUT2D eigenvalue weighted by atomic mass is 19.1. The monoisotopic (exact) mass is 254 g/mol. The van der Waals surface area contributed by atoms with Crippen molar-refractivity contribution in [3.8, 4) is 0 Å². The number of carbonyl (C=O) groups excluding carboxylic acids is 1. The highest BCUT2D eigenvalue weighted by molar-refractivity contribution is 5.74. The van der Waals surface area contributed by atoms with Gasteiger partial charge in [-0.1, -0.05) is 26.0 Å². The second-order valence-corrected chi connectivity index (χ2v) is 4.27. The summed E-state index contributed by atoms with van der Waals surface area (Å²) in [5.74, 6) is -1.48. The minimum atomic E-state index is -1.32. The lowest BCUT2D eigenvalue weighted by molar-refractivity contribution is -0.157. The van der Waals surface area contributed by atoms with E-state index in [2.05, 4.69) is 0 Å². The molecular formula is C14H19FO3. The molecule has 0 saturated carbocycles. The van der Waals surface area contributed by atoms with Crippen LogP contribution in [0.4, 0.5) is 4.39 Å². The number of benzene rings is 1. The normalized spacial score (nSPS) is 15.8. The number of rotatable bonds is 5. The summed E-state index contributed by atoms with van der Waals surface area (Å²) in [6, 6.07) is 5.56. The van der Waals surface area contributed by atoms with Gasteiger partial charge in [-0.15, -0.1) is 0 Å². The molecule has 0 radical (unpaired) electrons. The van der Waals surface area contributed by atoms with Crippen molar-refractivity contribution in [3.63, 3.8) is 0 Å². The van der Waals surface area contributed by atoms with Crippen LogP contribution in [0.25, 0.3) is 0 Å². The molecule has 0 aliphatic rings. The molecule has 1 aromatic carbocycles. The molecular weight excluding hydrogens is 235 g/mol. The van der Waals surface area contributed by atoms with Gasteiger partial charge in [0.05, 0.1) is 13.0 Å². The Balaban J connectivity index is 3.17. The molecule has 3 nitrogen and oxygen atoms in total. The van der Waals surface area contributed by atoms with Crippen LogP contribution in [0.2, 0.25) is 0 Å². The Hall–Kier alpha value is -1.42. The number of hydrogen-bond donors (Lipinski definition) is 1. The van der Waals surface area contributed by atoms with E-state index in [0.29, 0.717) is 18.4 Å². The predicted molar refractivity (Wildman–Crippen MR) is 66.4 cm³/mol. The average molecular weight is 254 g/mol. The molecule has 0 amide bonds. The molecule has 0 heterocycles. The molecule has 2 atom stereocenters. The van der Waals surface area contributed by atoms with Crippen LogP contribution >= 0.6 is 0 Å². The van der Waals surface area contributed by atoms with E-state index in [1.807, 2.05) is 6.92 Å². The van der Waals surface area contributed by atoms with Gasteiger partial charge in [-0.3, -0.25) is 4.79 Å². The van der Waals surface area contributed by atoms with E-state index in [4.69, 9.17) is 4.74 Å². The van der Waals surface area contributed by atoms with Gasteiger partial charge in [0.25, 0.3) is 0 Å². The first-order valence-electron chi connectivity index (χ1n) is 6.05. The van der Waals surface area contributed by atoms with Crippen LogP contribution in [0.5, 0.6) is 0 Å². The Bertz CT molecular complexity index is 402. The first-order chi connectivity index (χ1) is 8.49. The van der Waals surface area contributed by atoms with Crippen LogP contribution in [0.1, 0.15) is 32.3 Å². The molecule has 1 aromatic rings. The van der Waals surface area contributed by atoms with Crippen molar-refractivity contribution in [1.82, 2.24) is 0 Å². The van der Waals surface area contributed by atoms with Crippen LogP contribution in [0.15, 0.2) is 24.3 Å². The SMILES string of the molecule is CCC(C(=O)OC)C(O)(CC)c1ccc(F)cc1. The Labute approximate surface area is 107 Å². The van der Waals surface area contributed by atoms with E-state index in [-0.39, 0.29) is 5.82 Å². The van der Waals surface area contributed by atoms with Gasteiger partial charge in [0, 0.05) is 0 Å². The molecule has 1 N–H and O–H groups in total. The smallest absolute Gasteiger partial charge is 0.311 e. The number of methoxy groups -OCH3 is 1. The minimum absolute atomic E-state index is 0.353. The van der Waals surface area contributed by atoms with Crippen molar-refractivity contribution in [3.05, 3.63) is 35.6 Å². The predicted octanol–water partition coefficient (Wildman–Crippen LogP) is 2.62.